The topological polar surface area (TPSA) is 64.9 Å². The van der Waals surface area contributed by atoms with Crippen LogP contribution in [0.4, 0.5) is 22.0 Å². The summed E-state index contributed by atoms with van der Waals surface area (Å²) >= 11 is 0. The fraction of sp³-hybridized carbons (Fsp3) is 0.333. The van der Waals surface area contributed by atoms with Crippen LogP contribution in [-0.2, 0) is 5.54 Å². The first-order valence-corrected chi connectivity index (χ1v) is 5.85. The molecule has 2 N–H and O–H groups in total. The molecular formula is C12H10F5N3O. The van der Waals surface area contributed by atoms with Gasteiger partial charge >= 0.3 is 0 Å². The quantitative estimate of drug-likeness (QED) is 0.538. The molecule has 1 unspecified atom stereocenters. The number of benzene rings is 1. The molecule has 1 aromatic heterocycles. The van der Waals surface area contributed by atoms with Gasteiger partial charge in [0.25, 0.3) is 5.89 Å². The van der Waals surface area contributed by atoms with Crippen LogP contribution in [0, 0.1) is 29.1 Å². The molecular weight excluding hydrogens is 297 g/mol. The lowest BCUT2D eigenvalue weighted by molar-refractivity contribution is 0.364. The molecule has 0 aliphatic carbocycles. The summed E-state index contributed by atoms with van der Waals surface area (Å²) < 4.78 is 71.0. The van der Waals surface area contributed by atoms with E-state index in [2.05, 4.69) is 14.7 Å². The van der Waals surface area contributed by atoms with Crippen molar-refractivity contribution in [1.82, 2.24) is 10.1 Å². The van der Waals surface area contributed by atoms with Crippen LogP contribution in [0.2, 0.25) is 0 Å². The van der Waals surface area contributed by atoms with Crippen LogP contribution in [0.5, 0.6) is 0 Å². The monoisotopic (exact) mass is 307 g/mol. The van der Waals surface area contributed by atoms with Crippen molar-refractivity contribution in [3.05, 3.63) is 34.9 Å². The summed E-state index contributed by atoms with van der Waals surface area (Å²) in [4.78, 5) is 3.62. The van der Waals surface area contributed by atoms with Gasteiger partial charge in [0.1, 0.15) is 5.56 Å². The average Bonchev–Trinajstić information content (AvgIpc) is 2.93. The summed E-state index contributed by atoms with van der Waals surface area (Å²) in [6.07, 6.45) is 0.364. The minimum Gasteiger partial charge on any atom is -0.334 e. The number of nitrogens with zero attached hydrogens (tertiary/aromatic N) is 2. The van der Waals surface area contributed by atoms with Gasteiger partial charge in [-0.05, 0) is 13.3 Å². The molecule has 1 heterocycles. The van der Waals surface area contributed by atoms with E-state index in [0.717, 1.165) is 0 Å². The Labute approximate surface area is 115 Å². The Kier molecular flexibility index (Phi) is 3.70. The Morgan fingerprint density at radius 3 is 1.95 bits per heavy atom. The summed E-state index contributed by atoms with van der Waals surface area (Å²) in [6, 6.07) is 0. The fourth-order valence-electron chi connectivity index (χ4n) is 1.51. The van der Waals surface area contributed by atoms with E-state index >= 15 is 0 Å². The van der Waals surface area contributed by atoms with Gasteiger partial charge in [-0.1, -0.05) is 12.1 Å². The highest BCUT2D eigenvalue weighted by Gasteiger charge is 2.32. The number of hydrogen-bond donors (Lipinski definition) is 1. The summed E-state index contributed by atoms with van der Waals surface area (Å²) in [7, 11) is 0. The van der Waals surface area contributed by atoms with E-state index in [4.69, 9.17) is 5.73 Å². The third kappa shape index (κ3) is 2.37. The van der Waals surface area contributed by atoms with E-state index in [1.165, 1.54) is 6.92 Å². The molecule has 0 fully saturated rings. The maximum absolute atomic E-state index is 13.6. The highest BCUT2D eigenvalue weighted by Crippen LogP contribution is 2.31. The highest BCUT2D eigenvalue weighted by molar-refractivity contribution is 5.55. The van der Waals surface area contributed by atoms with Crippen LogP contribution < -0.4 is 5.73 Å². The number of nitrogens with two attached hydrogens (primary N) is 1. The first kappa shape index (κ1) is 15.4. The first-order valence-electron chi connectivity index (χ1n) is 5.85. The summed E-state index contributed by atoms with van der Waals surface area (Å²) in [5.74, 6) is -11.5. The summed E-state index contributed by atoms with van der Waals surface area (Å²) in [5, 5.41) is 3.42. The molecule has 4 nitrogen and oxygen atoms in total. The zero-order valence-electron chi connectivity index (χ0n) is 11.0. The van der Waals surface area contributed by atoms with Crippen molar-refractivity contribution in [2.75, 3.05) is 0 Å². The molecule has 0 radical (unpaired) electrons. The minimum absolute atomic E-state index is 0.107. The molecule has 1 aromatic carbocycles. The van der Waals surface area contributed by atoms with E-state index in [1.807, 2.05) is 0 Å². The molecule has 0 spiro atoms. The molecule has 1 atom stereocenters. The lowest BCUT2D eigenvalue weighted by atomic mass is 10.00. The fourth-order valence-corrected chi connectivity index (χ4v) is 1.51. The molecule has 21 heavy (non-hydrogen) atoms. The molecule has 114 valence electrons. The minimum atomic E-state index is -2.26. The van der Waals surface area contributed by atoms with E-state index < -0.39 is 46.1 Å². The number of hydrogen-bond acceptors (Lipinski definition) is 4. The van der Waals surface area contributed by atoms with Crippen molar-refractivity contribution in [2.24, 2.45) is 5.73 Å². The number of halogens is 5. The summed E-state index contributed by atoms with van der Waals surface area (Å²) in [5.41, 5.74) is 3.46. The number of aromatic nitrogens is 2. The Bertz CT molecular complexity index is 669. The lowest BCUT2D eigenvalue weighted by Gasteiger charge is -2.16. The second kappa shape index (κ2) is 5.06. The van der Waals surface area contributed by atoms with Crippen molar-refractivity contribution in [1.29, 1.82) is 0 Å². The van der Waals surface area contributed by atoms with Crippen LogP contribution in [-0.4, -0.2) is 10.1 Å². The predicted octanol–water partition coefficient (Wildman–Crippen LogP) is 3.02. The number of rotatable bonds is 3. The molecule has 0 amide bonds. The van der Waals surface area contributed by atoms with Gasteiger partial charge in [-0.15, -0.1) is 0 Å². The van der Waals surface area contributed by atoms with Crippen molar-refractivity contribution < 1.29 is 26.5 Å². The second-order valence-corrected chi connectivity index (χ2v) is 4.64. The molecule has 0 bridgehead atoms. The van der Waals surface area contributed by atoms with E-state index in [-0.39, 0.29) is 5.82 Å². The van der Waals surface area contributed by atoms with Crippen molar-refractivity contribution in [2.45, 2.75) is 25.8 Å². The molecule has 9 heteroatoms. The van der Waals surface area contributed by atoms with E-state index in [0.29, 0.717) is 6.42 Å². The molecule has 0 aliphatic rings. The van der Waals surface area contributed by atoms with E-state index in [9.17, 15) is 22.0 Å². The maximum Gasteiger partial charge on any atom is 0.264 e. The first-order chi connectivity index (χ1) is 9.70. The Hall–Kier alpha value is -2.03. The van der Waals surface area contributed by atoms with Crippen LogP contribution >= 0.6 is 0 Å². The maximum atomic E-state index is 13.6. The smallest absolute Gasteiger partial charge is 0.264 e. The van der Waals surface area contributed by atoms with Gasteiger partial charge < -0.3 is 10.3 Å². The van der Waals surface area contributed by atoms with Crippen molar-refractivity contribution in [3.63, 3.8) is 0 Å². The zero-order valence-corrected chi connectivity index (χ0v) is 11.0. The summed E-state index contributed by atoms with van der Waals surface area (Å²) in [6.45, 7) is 3.23. The van der Waals surface area contributed by atoms with Gasteiger partial charge in [-0.2, -0.15) is 4.98 Å². The molecule has 0 saturated heterocycles. The zero-order chi connectivity index (χ0) is 15.9. The van der Waals surface area contributed by atoms with Gasteiger partial charge in [0.15, 0.2) is 29.1 Å². The van der Waals surface area contributed by atoms with Gasteiger partial charge in [0.2, 0.25) is 5.82 Å². The highest BCUT2D eigenvalue weighted by atomic mass is 19.2. The SMILES string of the molecule is CCC(C)(N)c1noc(-c2c(F)c(F)c(F)c(F)c2F)n1. The lowest BCUT2D eigenvalue weighted by Crippen LogP contribution is -2.33. The van der Waals surface area contributed by atoms with Gasteiger partial charge in [-0.25, -0.2) is 22.0 Å². The van der Waals surface area contributed by atoms with Crippen LogP contribution in [0.25, 0.3) is 11.5 Å². The molecule has 0 aliphatic heterocycles. The van der Waals surface area contributed by atoms with Crippen LogP contribution in [0.1, 0.15) is 26.1 Å². The Morgan fingerprint density at radius 2 is 1.48 bits per heavy atom. The van der Waals surface area contributed by atoms with Gasteiger partial charge in [0, 0.05) is 0 Å². The van der Waals surface area contributed by atoms with E-state index in [1.54, 1.807) is 6.92 Å². The van der Waals surface area contributed by atoms with Gasteiger partial charge in [0.05, 0.1) is 5.54 Å². The standard InChI is InChI=1S/C12H10F5N3O/c1-3-12(2,18)11-19-10(21-20-11)4-5(13)7(15)9(17)8(16)6(4)14/h3,18H2,1-2H3. The van der Waals surface area contributed by atoms with Crippen molar-refractivity contribution in [3.8, 4) is 11.5 Å². The third-order valence-electron chi connectivity index (χ3n) is 3.09. The Morgan fingerprint density at radius 1 is 1.00 bits per heavy atom. The van der Waals surface area contributed by atoms with Gasteiger partial charge in [-0.3, -0.25) is 0 Å². The second-order valence-electron chi connectivity index (χ2n) is 4.64. The molecule has 0 saturated carbocycles. The van der Waals surface area contributed by atoms with Crippen LogP contribution in [0.15, 0.2) is 4.52 Å². The van der Waals surface area contributed by atoms with Crippen molar-refractivity contribution >= 4 is 0 Å². The molecule has 2 rings (SSSR count). The normalized spacial score (nSPS) is 14.3. The molecule has 2 aromatic rings. The largest absolute Gasteiger partial charge is 0.334 e. The predicted molar refractivity (Wildman–Crippen MR) is 61.4 cm³/mol. The average molecular weight is 307 g/mol. The Balaban J connectivity index is 2.64. The third-order valence-corrected chi connectivity index (χ3v) is 3.09. The van der Waals surface area contributed by atoms with Crippen LogP contribution in [0.3, 0.4) is 0 Å².